The molecule has 1 fully saturated rings. The third-order valence-corrected chi connectivity index (χ3v) is 4.49. The van der Waals surface area contributed by atoms with Crippen LogP contribution in [0, 0.1) is 5.92 Å². The molecule has 1 aromatic carbocycles. The molecule has 2 nitrogen and oxygen atoms in total. The van der Waals surface area contributed by atoms with E-state index in [0.717, 1.165) is 5.56 Å². The molecule has 0 unspecified atom stereocenters. The number of nitrogens with two attached hydrogens (primary N) is 1. The van der Waals surface area contributed by atoms with E-state index in [2.05, 4.69) is 31.9 Å². The molecule has 0 spiro atoms. The van der Waals surface area contributed by atoms with E-state index < -0.39 is 0 Å². The van der Waals surface area contributed by atoms with Crippen molar-refractivity contribution in [3.8, 4) is 0 Å². The summed E-state index contributed by atoms with van der Waals surface area (Å²) in [7, 11) is 0. The van der Waals surface area contributed by atoms with Crippen molar-refractivity contribution in [3.63, 3.8) is 0 Å². The second-order valence-electron chi connectivity index (χ2n) is 3.44. The van der Waals surface area contributed by atoms with Crippen molar-refractivity contribution < 1.29 is 4.79 Å². The Bertz CT molecular complexity index is 364. The van der Waals surface area contributed by atoms with Gasteiger partial charge in [0, 0.05) is 5.92 Å². The first kappa shape index (κ1) is 10.2. The molecule has 14 heavy (non-hydrogen) atoms. The minimum Gasteiger partial charge on any atom is -0.369 e. The Morgan fingerprint density at radius 2 is 1.86 bits per heavy atom. The molecular formula is C10H9Br2NO. The van der Waals surface area contributed by atoms with Crippen LogP contribution in [0.4, 0.5) is 0 Å². The Kier molecular flexibility index (Phi) is 2.43. The third kappa shape index (κ3) is 1.50. The minimum atomic E-state index is -0.340. The van der Waals surface area contributed by atoms with Crippen molar-refractivity contribution in [1.82, 2.24) is 0 Å². The predicted octanol–water partition coefficient (Wildman–Crippen LogP) is 2.37. The molecule has 4 heteroatoms. The van der Waals surface area contributed by atoms with Crippen LogP contribution in [-0.2, 0) is 4.79 Å². The van der Waals surface area contributed by atoms with E-state index in [9.17, 15) is 4.79 Å². The number of alkyl halides is 2. The predicted molar refractivity (Wildman–Crippen MR) is 62.5 cm³/mol. The van der Waals surface area contributed by atoms with Crippen molar-refractivity contribution in [2.24, 2.45) is 11.7 Å². The number of primary amides is 1. The first-order chi connectivity index (χ1) is 6.55. The molecule has 1 amide bonds. The van der Waals surface area contributed by atoms with Crippen LogP contribution in [0.15, 0.2) is 30.3 Å². The lowest BCUT2D eigenvalue weighted by molar-refractivity contribution is -0.119. The Morgan fingerprint density at radius 1 is 1.29 bits per heavy atom. The highest BCUT2D eigenvalue weighted by molar-refractivity contribution is 9.25. The van der Waals surface area contributed by atoms with E-state index >= 15 is 0 Å². The number of hydrogen-bond donors (Lipinski definition) is 1. The first-order valence-electron chi connectivity index (χ1n) is 4.27. The molecule has 74 valence electrons. The fourth-order valence-corrected chi connectivity index (χ4v) is 3.53. The quantitative estimate of drug-likeness (QED) is 0.836. The van der Waals surface area contributed by atoms with Gasteiger partial charge in [0.05, 0.1) is 5.92 Å². The highest BCUT2D eigenvalue weighted by Gasteiger charge is 2.65. The summed E-state index contributed by atoms with van der Waals surface area (Å²) in [6.45, 7) is 0. The number of benzene rings is 1. The van der Waals surface area contributed by atoms with Crippen LogP contribution in [-0.4, -0.2) is 9.14 Å². The van der Waals surface area contributed by atoms with Gasteiger partial charge < -0.3 is 5.73 Å². The zero-order valence-electron chi connectivity index (χ0n) is 7.28. The minimum absolute atomic E-state index is 0.140. The van der Waals surface area contributed by atoms with Gasteiger partial charge in [-0.2, -0.15) is 0 Å². The first-order valence-corrected chi connectivity index (χ1v) is 5.86. The topological polar surface area (TPSA) is 43.1 Å². The molecule has 2 rings (SSSR count). The maximum Gasteiger partial charge on any atom is 0.223 e. The van der Waals surface area contributed by atoms with Crippen molar-refractivity contribution in [1.29, 1.82) is 0 Å². The van der Waals surface area contributed by atoms with Gasteiger partial charge in [0.2, 0.25) is 5.91 Å². The number of rotatable bonds is 2. The fraction of sp³-hybridized carbons (Fsp3) is 0.300. The fourth-order valence-electron chi connectivity index (χ4n) is 1.76. The van der Waals surface area contributed by atoms with E-state index in [0.29, 0.717) is 0 Å². The molecule has 2 N–H and O–H groups in total. The summed E-state index contributed by atoms with van der Waals surface area (Å²) < 4.78 is -0.340. The lowest BCUT2D eigenvalue weighted by Crippen LogP contribution is -2.16. The average molecular weight is 319 g/mol. The van der Waals surface area contributed by atoms with Crippen LogP contribution < -0.4 is 5.73 Å². The maximum absolute atomic E-state index is 11.1. The third-order valence-electron chi connectivity index (χ3n) is 2.52. The molecule has 0 bridgehead atoms. The highest BCUT2D eigenvalue weighted by atomic mass is 79.9. The van der Waals surface area contributed by atoms with E-state index in [1.165, 1.54) is 0 Å². The van der Waals surface area contributed by atoms with Gasteiger partial charge in [-0.15, -0.1) is 0 Å². The normalized spacial score (nSPS) is 28.4. The largest absolute Gasteiger partial charge is 0.369 e. The lowest BCUT2D eigenvalue weighted by atomic mass is 10.1. The Hall–Kier alpha value is -0.350. The van der Waals surface area contributed by atoms with Gasteiger partial charge in [-0.1, -0.05) is 62.2 Å². The molecule has 1 aliphatic carbocycles. The van der Waals surface area contributed by atoms with E-state index in [4.69, 9.17) is 5.73 Å². The van der Waals surface area contributed by atoms with Gasteiger partial charge in [0.25, 0.3) is 0 Å². The van der Waals surface area contributed by atoms with Gasteiger partial charge >= 0.3 is 0 Å². The Morgan fingerprint density at radius 3 is 2.29 bits per heavy atom. The summed E-state index contributed by atoms with van der Waals surface area (Å²) in [5, 5.41) is 0. The summed E-state index contributed by atoms with van der Waals surface area (Å²) >= 11 is 6.94. The van der Waals surface area contributed by atoms with Crippen LogP contribution in [0.2, 0.25) is 0 Å². The molecule has 0 aromatic heterocycles. The molecule has 0 radical (unpaired) electrons. The van der Waals surface area contributed by atoms with Crippen molar-refractivity contribution >= 4 is 37.8 Å². The molecule has 0 saturated heterocycles. The van der Waals surface area contributed by atoms with Crippen LogP contribution >= 0.6 is 31.9 Å². The van der Waals surface area contributed by atoms with Crippen LogP contribution in [0.3, 0.4) is 0 Å². The zero-order chi connectivity index (χ0) is 10.3. The molecular weight excluding hydrogens is 310 g/mol. The monoisotopic (exact) mass is 317 g/mol. The van der Waals surface area contributed by atoms with Gasteiger partial charge in [0.15, 0.2) is 0 Å². The van der Waals surface area contributed by atoms with Crippen LogP contribution in [0.5, 0.6) is 0 Å². The van der Waals surface area contributed by atoms with E-state index in [1.54, 1.807) is 0 Å². The van der Waals surface area contributed by atoms with Gasteiger partial charge in [0.1, 0.15) is 3.23 Å². The second kappa shape index (κ2) is 3.35. The standard InChI is InChI=1S/C10H9Br2NO/c11-10(12)7(8(10)9(13)14)6-4-2-1-3-5-6/h1-5,7-8H,(H2,13,14)/t7-,8+/m0/s1. The van der Waals surface area contributed by atoms with E-state index in [-0.39, 0.29) is 21.0 Å². The molecule has 1 saturated carbocycles. The summed E-state index contributed by atoms with van der Waals surface area (Å²) in [5.41, 5.74) is 6.43. The highest BCUT2D eigenvalue weighted by Crippen LogP contribution is 2.67. The summed E-state index contributed by atoms with van der Waals surface area (Å²) in [6, 6.07) is 9.88. The number of carbonyl (C=O) groups is 1. The number of amides is 1. The molecule has 1 aromatic rings. The van der Waals surface area contributed by atoms with Crippen molar-refractivity contribution in [2.45, 2.75) is 9.15 Å². The Labute approximate surface area is 99.1 Å². The van der Waals surface area contributed by atoms with Crippen LogP contribution in [0.25, 0.3) is 0 Å². The van der Waals surface area contributed by atoms with E-state index in [1.807, 2.05) is 30.3 Å². The number of halogens is 2. The van der Waals surface area contributed by atoms with Gasteiger partial charge in [-0.3, -0.25) is 4.79 Å². The maximum atomic E-state index is 11.1. The molecule has 0 heterocycles. The van der Waals surface area contributed by atoms with Gasteiger partial charge in [-0.05, 0) is 5.56 Å². The number of carbonyl (C=O) groups excluding carboxylic acids is 1. The van der Waals surface area contributed by atoms with Gasteiger partial charge in [-0.25, -0.2) is 0 Å². The SMILES string of the molecule is NC(=O)[C@H]1[C@H](c2ccccc2)C1(Br)Br. The van der Waals surface area contributed by atoms with Crippen molar-refractivity contribution in [2.75, 3.05) is 0 Å². The van der Waals surface area contributed by atoms with Crippen molar-refractivity contribution in [3.05, 3.63) is 35.9 Å². The summed E-state index contributed by atoms with van der Waals surface area (Å²) in [4.78, 5) is 11.1. The van der Waals surface area contributed by atoms with Crippen LogP contribution in [0.1, 0.15) is 11.5 Å². The summed E-state index contributed by atoms with van der Waals surface area (Å²) in [5.74, 6) is -0.293. The molecule has 1 aliphatic rings. The summed E-state index contributed by atoms with van der Waals surface area (Å²) in [6.07, 6.45) is 0. The second-order valence-corrected chi connectivity index (χ2v) is 7.13. The number of hydrogen-bond acceptors (Lipinski definition) is 1. The molecule has 0 aliphatic heterocycles. The smallest absolute Gasteiger partial charge is 0.223 e. The molecule has 2 atom stereocenters. The zero-order valence-corrected chi connectivity index (χ0v) is 10.5. The lowest BCUT2D eigenvalue weighted by Gasteiger charge is -1.98. The Balaban J connectivity index is 2.28. The average Bonchev–Trinajstić information content (AvgIpc) is 2.71.